The molecule has 1 aromatic carbocycles. The predicted molar refractivity (Wildman–Crippen MR) is 68.8 cm³/mol. The molecule has 0 spiro atoms. The Labute approximate surface area is 106 Å². The molecular weight excluding hydrogens is 360 g/mol. The molecule has 0 aliphatic carbocycles. The first-order chi connectivity index (χ1) is 6.52. The molecule has 78 valence electrons. The van der Waals surface area contributed by atoms with Crippen LogP contribution in [0.1, 0.15) is 19.4 Å². The maximum atomic E-state index is 13.6. The zero-order chi connectivity index (χ0) is 10.7. The molecule has 0 amide bonds. The molecule has 0 aliphatic heterocycles. The zero-order valence-corrected chi connectivity index (χ0v) is 11.8. The van der Waals surface area contributed by atoms with Crippen LogP contribution in [0, 0.1) is 9.39 Å². The average molecular weight is 372 g/mol. The summed E-state index contributed by atoms with van der Waals surface area (Å²) in [6.07, 6.45) is 0. The van der Waals surface area contributed by atoms with Crippen molar-refractivity contribution in [2.75, 3.05) is 0 Å². The van der Waals surface area contributed by atoms with Gasteiger partial charge in [-0.1, -0.05) is 13.8 Å². The number of nitrogens with one attached hydrogen (secondary N) is 1. The number of hydrogen-bond acceptors (Lipinski definition) is 1. The van der Waals surface area contributed by atoms with Gasteiger partial charge in [0.1, 0.15) is 5.82 Å². The molecule has 0 aliphatic rings. The third-order valence-corrected chi connectivity index (χ3v) is 3.45. The second-order valence-corrected chi connectivity index (χ2v) is 5.37. The van der Waals surface area contributed by atoms with Crippen LogP contribution in [0.4, 0.5) is 4.39 Å². The third kappa shape index (κ3) is 3.17. The van der Waals surface area contributed by atoms with Crippen molar-refractivity contribution in [1.82, 2.24) is 5.32 Å². The van der Waals surface area contributed by atoms with Gasteiger partial charge in [-0.05, 0) is 50.7 Å². The smallest absolute Gasteiger partial charge is 0.142 e. The third-order valence-electron chi connectivity index (χ3n) is 1.83. The van der Waals surface area contributed by atoms with Crippen LogP contribution in [0.15, 0.2) is 16.6 Å². The molecule has 0 aromatic heterocycles. The molecule has 1 aromatic rings. The molecule has 1 N–H and O–H groups in total. The number of halogens is 3. The molecule has 0 saturated heterocycles. The van der Waals surface area contributed by atoms with E-state index in [-0.39, 0.29) is 5.82 Å². The Balaban J connectivity index is 2.89. The average Bonchev–Trinajstić information content (AvgIpc) is 2.11. The fraction of sp³-hybridized carbons (Fsp3) is 0.400. The topological polar surface area (TPSA) is 12.0 Å². The molecule has 1 rings (SSSR count). The number of hydrogen-bond donors (Lipinski definition) is 1. The highest BCUT2D eigenvalue weighted by Crippen LogP contribution is 2.23. The van der Waals surface area contributed by atoms with Gasteiger partial charge in [0.05, 0.1) is 4.47 Å². The molecular formula is C10H12BrFIN. The molecule has 0 heterocycles. The summed E-state index contributed by atoms with van der Waals surface area (Å²) in [5.41, 5.74) is 0.730. The summed E-state index contributed by atoms with van der Waals surface area (Å²) < 4.78 is 15.1. The molecule has 4 heteroatoms. The minimum absolute atomic E-state index is 0.162. The van der Waals surface area contributed by atoms with Gasteiger partial charge in [-0.3, -0.25) is 0 Å². The van der Waals surface area contributed by atoms with Gasteiger partial charge in [0.15, 0.2) is 0 Å². The lowest BCUT2D eigenvalue weighted by molar-refractivity contribution is 0.548. The van der Waals surface area contributed by atoms with E-state index in [2.05, 4.69) is 43.8 Å². The number of benzene rings is 1. The summed E-state index contributed by atoms with van der Waals surface area (Å²) in [5, 5.41) is 3.21. The summed E-state index contributed by atoms with van der Waals surface area (Å²) in [6.45, 7) is 4.66. The van der Waals surface area contributed by atoms with Crippen molar-refractivity contribution < 1.29 is 4.39 Å². The Morgan fingerprint density at radius 3 is 2.71 bits per heavy atom. The van der Waals surface area contributed by atoms with E-state index >= 15 is 0 Å². The van der Waals surface area contributed by atoms with Crippen LogP contribution in [0.5, 0.6) is 0 Å². The molecule has 0 bridgehead atoms. The van der Waals surface area contributed by atoms with Crippen molar-refractivity contribution in [1.29, 1.82) is 0 Å². The molecule has 0 saturated carbocycles. The monoisotopic (exact) mass is 371 g/mol. The van der Waals surface area contributed by atoms with Crippen molar-refractivity contribution in [3.63, 3.8) is 0 Å². The fourth-order valence-corrected chi connectivity index (χ4v) is 2.02. The van der Waals surface area contributed by atoms with Gasteiger partial charge in [0.25, 0.3) is 0 Å². The van der Waals surface area contributed by atoms with E-state index in [0.29, 0.717) is 17.1 Å². The Hall–Kier alpha value is 0.320. The van der Waals surface area contributed by atoms with Gasteiger partial charge in [0, 0.05) is 21.7 Å². The summed E-state index contributed by atoms with van der Waals surface area (Å²) in [5.74, 6) is -0.162. The van der Waals surface area contributed by atoms with Gasteiger partial charge < -0.3 is 5.32 Å². The van der Waals surface area contributed by atoms with Gasteiger partial charge in [-0.25, -0.2) is 4.39 Å². The van der Waals surface area contributed by atoms with Crippen molar-refractivity contribution >= 4 is 38.5 Å². The molecule has 0 atom stereocenters. The highest BCUT2D eigenvalue weighted by molar-refractivity contribution is 14.1. The van der Waals surface area contributed by atoms with E-state index in [1.54, 1.807) is 6.07 Å². The molecule has 0 fully saturated rings. The zero-order valence-electron chi connectivity index (χ0n) is 8.07. The summed E-state index contributed by atoms with van der Waals surface area (Å²) in [7, 11) is 0. The normalized spacial score (nSPS) is 11.0. The van der Waals surface area contributed by atoms with Crippen molar-refractivity contribution in [3.8, 4) is 0 Å². The van der Waals surface area contributed by atoms with E-state index in [1.807, 2.05) is 19.9 Å². The minimum Gasteiger partial charge on any atom is -0.310 e. The van der Waals surface area contributed by atoms with Crippen LogP contribution in [0.3, 0.4) is 0 Å². The van der Waals surface area contributed by atoms with Crippen LogP contribution >= 0.6 is 38.5 Å². The summed E-state index contributed by atoms with van der Waals surface area (Å²) >= 11 is 5.33. The predicted octanol–water partition coefficient (Wildman–Crippen LogP) is 3.69. The molecule has 0 unspecified atom stereocenters. The lowest BCUT2D eigenvalue weighted by atomic mass is 10.2. The van der Waals surface area contributed by atoms with Crippen molar-refractivity contribution in [2.24, 2.45) is 0 Å². The second-order valence-electron chi connectivity index (χ2n) is 3.36. The quantitative estimate of drug-likeness (QED) is 0.631. The Kier molecular flexibility index (Phi) is 4.79. The Morgan fingerprint density at radius 1 is 1.50 bits per heavy atom. The lowest BCUT2D eigenvalue weighted by Crippen LogP contribution is -2.23. The van der Waals surface area contributed by atoms with E-state index < -0.39 is 0 Å². The van der Waals surface area contributed by atoms with Crippen LogP contribution in [0.2, 0.25) is 0 Å². The maximum Gasteiger partial charge on any atom is 0.142 e. The van der Waals surface area contributed by atoms with Crippen molar-refractivity contribution in [2.45, 2.75) is 26.4 Å². The molecule has 0 radical (unpaired) electrons. The van der Waals surface area contributed by atoms with E-state index in [9.17, 15) is 4.39 Å². The highest BCUT2D eigenvalue weighted by atomic mass is 127. The van der Waals surface area contributed by atoms with Crippen LogP contribution in [-0.2, 0) is 6.54 Å². The van der Waals surface area contributed by atoms with Gasteiger partial charge in [0.2, 0.25) is 0 Å². The van der Waals surface area contributed by atoms with E-state index in [4.69, 9.17) is 0 Å². The van der Waals surface area contributed by atoms with Gasteiger partial charge in [-0.2, -0.15) is 0 Å². The Bertz CT molecular complexity index is 328. The van der Waals surface area contributed by atoms with Gasteiger partial charge >= 0.3 is 0 Å². The Morgan fingerprint density at radius 2 is 2.14 bits per heavy atom. The SMILES string of the molecule is CC(C)NCc1c(I)ccc(Br)c1F. The van der Waals surface area contributed by atoms with Crippen LogP contribution < -0.4 is 5.32 Å². The first-order valence-corrected chi connectivity index (χ1v) is 6.25. The molecule has 14 heavy (non-hydrogen) atoms. The van der Waals surface area contributed by atoms with Crippen molar-refractivity contribution in [3.05, 3.63) is 31.6 Å². The highest BCUT2D eigenvalue weighted by Gasteiger charge is 2.10. The fourth-order valence-electron chi connectivity index (χ4n) is 1.04. The van der Waals surface area contributed by atoms with E-state index in [0.717, 1.165) is 9.13 Å². The molecule has 1 nitrogen and oxygen atoms in total. The number of rotatable bonds is 3. The van der Waals surface area contributed by atoms with Crippen LogP contribution in [0.25, 0.3) is 0 Å². The van der Waals surface area contributed by atoms with E-state index in [1.165, 1.54) is 0 Å². The first-order valence-electron chi connectivity index (χ1n) is 4.38. The summed E-state index contributed by atoms with van der Waals surface area (Å²) in [4.78, 5) is 0. The second kappa shape index (κ2) is 5.42. The first kappa shape index (κ1) is 12.4. The summed E-state index contributed by atoms with van der Waals surface area (Å²) in [6, 6.07) is 4.00. The largest absolute Gasteiger partial charge is 0.310 e. The lowest BCUT2D eigenvalue weighted by Gasteiger charge is -2.11. The van der Waals surface area contributed by atoms with Crippen LogP contribution in [-0.4, -0.2) is 6.04 Å². The standard InChI is InChI=1S/C10H12BrFIN/c1-6(2)14-5-7-9(13)4-3-8(11)10(7)12/h3-4,6,14H,5H2,1-2H3. The van der Waals surface area contributed by atoms with Gasteiger partial charge in [-0.15, -0.1) is 0 Å². The maximum absolute atomic E-state index is 13.6. The minimum atomic E-state index is -0.162.